The summed E-state index contributed by atoms with van der Waals surface area (Å²) in [5.41, 5.74) is 6.94. The van der Waals surface area contributed by atoms with E-state index >= 15 is 0 Å². The number of nitrogens with one attached hydrogen (secondary N) is 1. The van der Waals surface area contributed by atoms with Crippen LogP contribution in [0, 0.1) is 11.6 Å². The Morgan fingerprint density at radius 2 is 1.89 bits per heavy atom. The Morgan fingerprint density at radius 3 is 2.66 bits per heavy atom. The molecule has 3 aromatic rings. The molecule has 0 amide bonds. The first-order valence-electron chi connectivity index (χ1n) is 10.9. The second kappa shape index (κ2) is 10.7. The Kier molecular flexibility index (Phi) is 7.68. The van der Waals surface area contributed by atoms with Gasteiger partial charge in [0, 0.05) is 23.4 Å². The highest BCUT2D eigenvalue weighted by atomic mass is 35.5. The molecule has 0 radical (unpaired) electrons. The molecule has 0 unspecified atom stereocenters. The van der Waals surface area contributed by atoms with Crippen LogP contribution in [0.4, 0.5) is 20.3 Å². The maximum Gasteiger partial charge on any atom is 0.258 e. The minimum absolute atomic E-state index is 0.00388. The highest BCUT2D eigenvalue weighted by Gasteiger charge is 2.18. The fourth-order valence-electron chi connectivity index (χ4n) is 3.70. The molecule has 0 aliphatic carbocycles. The van der Waals surface area contributed by atoms with Gasteiger partial charge in [0.2, 0.25) is 10.0 Å². The summed E-state index contributed by atoms with van der Waals surface area (Å²) in [7, 11) is -3.54. The lowest BCUT2D eigenvalue weighted by Crippen LogP contribution is -2.29. The average molecular weight is 524 g/mol. The second-order valence-corrected chi connectivity index (χ2v) is 10.3. The number of nitrogens with two attached hydrogens (primary N) is 1. The maximum atomic E-state index is 14.0. The number of halogens is 3. The van der Waals surface area contributed by atoms with Crippen molar-refractivity contribution in [2.45, 2.75) is 19.4 Å². The molecule has 1 aliphatic rings. The first-order valence-corrected chi connectivity index (χ1v) is 13.0. The van der Waals surface area contributed by atoms with Crippen molar-refractivity contribution in [3.05, 3.63) is 64.8 Å². The summed E-state index contributed by atoms with van der Waals surface area (Å²) in [4.78, 5) is 10.5. The van der Waals surface area contributed by atoms with E-state index in [1.54, 1.807) is 24.3 Å². The summed E-state index contributed by atoms with van der Waals surface area (Å²) in [5.74, 6) is -1.67. The van der Waals surface area contributed by atoms with E-state index < -0.39 is 33.3 Å². The molecule has 12 heteroatoms. The van der Waals surface area contributed by atoms with Crippen molar-refractivity contribution in [2.24, 2.45) is 0 Å². The zero-order chi connectivity index (χ0) is 25.0. The Hall–Kier alpha value is -3.02. The molecule has 3 N–H and O–H groups in total. The maximum absolute atomic E-state index is 14.0. The van der Waals surface area contributed by atoms with Crippen LogP contribution in [0.15, 0.2) is 42.6 Å². The number of nitrogen functional groups attached to an aromatic ring is 1. The van der Waals surface area contributed by atoms with Crippen LogP contribution < -0.4 is 15.2 Å². The van der Waals surface area contributed by atoms with Gasteiger partial charge in [-0.1, -0.05) is 23.7 Å². The molecule has 1 saturated heterocycles. The fourth-order valence-corrected chi connectivity index (χ4v) is 4.99. The van der Waals surface area contributed by atoms with Gasteiger partial charge in [0.25, 0.3) is 5.88 Å². The zero-order valence-corrected chi connectivity index (χ0v) is 20.2. The third kappa shape index (κ3) is 6.36. The van der Waals surface area contributed by atoms with Gasteiger partial charge >= 0.3 is 0 Å². The van der Waals surface area contributed by atoms with E-state index in [9.17, 15) is 17.2 Å². The van der Waals surface area contributed by atoms with E-state index in [-0.39, 0.29) is 23.0 Å². The lowest BCUT2D eigenvalue weighted by atomic mass is 10.1. The minimum atomic E-state index is -3.54. The Balaban J connectivity index is 1.48. The monoisotopic (exact) mass is 523 g/mol. The van der Waals surface area contributed by atoms with Gasteiger partial charge in [-0.3, -0.25) is 4.72 Å². The number of likely N-dealkylation sites (tertiary alicyclic amines) is 1. The molecule has 35 heavy (non-hydrogen) atoms. The molecule has 2 heterocycles. The summed E-state index contributed by atoms with van der Waals surface area (Å²) in [6.07, 6.45) is 3.58. The van der Waals surface area contributed by atoms with Gasteiger partial charge in [-0.15, -0.1) is 0 Å². The first-order chi connectivity index (χ1) is 16.7. The van der Waals surface area contributed by atoms with Crippen LogP contribution in [0.2, 0.25) is 5.02 Å². The van der Waals surface area contributed by atoms with Crippen LogP contribution in [0.5, 0.6) is 5.88 Å². The van der Waals surface area contributed by atoms with Crippen molar-refractivity contribution in [3.63, 3.8) is 0 Å². The summed E-state index contributed by atoms with van der Waals surface area (Å²) in [6.45, 7) is 1.91. The molecule has 8 nitrogen and oxygen atoms in total. The molecule has 186 valence electrons. The number of sulfonamides is 1. The highest BCUT2D eigenvalue weighted by Crippen LogP contribution is 2.28. The third-order valence-corrected chi connectivity index (χ3v) is 7.24. The van der Waals surface area contributed by atoms with Crippen molar-refractivity contribution in [1.82, 2.24) is 14.9 Å². The molecule has 0 spiro atoms. The Morgan fingerprint density at radius 1 is 1.14 bits per heavy atom. The second-order valence-electron chi connectivity index (χ2n) is 8.11. The largest absolute Gasteiger partial charge is 0.470 e. The molecule has 0 atom stereocenters. The normalized spacial score (nSPS) is 14.3. The van der Waals surface area contributed by atoms with Crippen LogP contribution in [0.25, 0.3) is 11.3 Å². The lowest BCUT2D eigenvalue weighted by Gasteiger charge is -2.15. The van der Waals surface area contributed by atoms with E-state index in [0.717, 1.165) is 38.1 Å². The Bertz CT molecular complexity index is 1320. The molecule has 0 bridgehead atoms. The summed E-state index contributed by atoms with van der Waals surface area (Å²) < 4.78 is 60.9. The number of hydrogen-bond acceptors (Lipinski definition) is 7. The van der Waals surface area contributed by atoms with E-state index in [0.29, 0.717) is 23.5 Å². The van der Waals surface area contributed by atoms with E-state index in [1.807, 2.05) is 0 Å². The van der Waals surface area contributed by atoms with Gasteiger partial charge in [0.15, 0.2) is 5.82 Å². The molecule has 4 rings (SSSR count). The molecule has 1 fully saturated rings. The number of rotatable bonds is 9. The zero-order valence-electron chi connectivity index (χ0n) is 18.7. The van der Waals surface area contributed by atoms with Gasteiger partial charge in [-0.2, -0.15) is 0 Å². The molecule has 2 aromatic carbocycles. The van der Waals surface area contributed by atoms with Crippen LogP contribution in [0.3, 0.4) is 0 Å². The third-order valence-electron chi connectivity index (χ3n) is 5.57. The standard InChI is InChI=1S/C23H24ClF2N5O3S/c24-21-17(18(25)6-7-19(21)26)14-34-23-22(27)28-13-20(29-23)15-4-3-5-16(12-15)30-35(32,33)11-10-31-8-1-2-9-31/h3-7,12-13,30H,1-2,8-11,14H2,(H2,27,28). The topological polar surface area (TPSA) is 110 Å². The van der Waals surface area contributed by atoms with Gasteiger partial charge in [0.1, 0.15) is 18.2 Å². The van der Waals surface area contributed by atoms with Gasteiger partial charge in [-0.25, -0.2) is 27.2 Å². The van der Waals surface area contributed by atoms with Gasteiger partial charge < -0.3 is 15.4 Å². The number of benzene rings is 2. The number of aromatic nitrogens is 2. The summed E-state index contributed by atoms with van der Waals surface area (Å²) >= 11 is 5.84. The molecule has 1 aliphatic heterocycles. The fraction of sp³-hybridized carbons (Fsp3) is 0.304. The Labute approximate surface area is 207 Å². The average Bonchev–Trinajstić information content (AvgIpc) is 3.35. The van der Waals surface area contributed by atoms with Crippen molar-refractivity contribution in [2.75, 3.05) is 35.8 Å². The van der Waals surface area contributed by atoms with E-state index in [4.69, 9.17) is 22.1 Å². The number of nitrogens with zero attached hydrogens (tertiary/aromatic N) is 3. The van der Waals surface area contributed by atoms with Crippen molar-refractivity contribution >= 4 is 33.1 Å². The van der Waals surface area contributed by atoms with Crippen LogP contribution in [-0.4, -0.2) is 48.7 Å². The van der Waals surface area contributed by atoms with Crippen LogP contribution in [0.1, 0.15) is 18.4 Å². The van der Waals surface area contributed by atoms with Crippen molar-refractivity contribution in [3.8, 4) is 17.1 Å². The first kappa shape index (κ1) is 25.1. The predicted octanol–water partition coefficient (Wildman–Crippen LogP) is 4.07. The van der Waals surface area contributed by atoms with Gasteiger partial charge in [0.05, 0.1) is 22.7 Å². The van der Waals surface area contributed by atoms with Crippen molar-refractivity contribution in [1.29, 1.82) is 0 Å². The smallest absolute Gasteiger partial charge is 0.258 e. The minimum Gasteiger partial charge on any atom is -0.470 e. The quantitative estimate of drug-likeness (QED) is 0.407. The van der Waals surface area contributed by atoms with Crippen LogP contribution >= 0.6 is 11.6 Å². The molecular weight excluding hydrogens is 500 g/mol. The predicted molar refractivity (Wildman–Crippen MR) is 131 cm³/mol. The van der Waals surface area contributed by atoms with E-state index in [2.05, 4.69) is 19.6 Å². The lowest BCUT2D eigenvalue weighted by molar-refractivity contribution is 0.288. The summed E-state index contributed by atoms with van der Waals surface area (Å²) in [6, 6.07) is 8.50. The van der Waals surface area contributed by atoms with Crippen molar-refractivity contribution < 1.29 is 21.9 Å². The van der Waals surface area contributed by atoms with E-state index in [1.165, 1.54) is 6.20 Å². The number of anilines is 2. The van der Waals surface area contributed by atoms with Crippen LogP contribution in [-0.2, 0) is 16.6 Å². The highest BCUT2D eigenvalue weighted by molar-refractivity contribution is 7.92. The molecule has 1 aromatic heterocycles. The SMILES string of the molecule is Nc1ncc(-c2cccc(NS(=O)(=O)CCN3CCCC3)c2)nc1OCc1c(F)ccc(F)c1Cl. The number of ether oxygens (including phenoxy) is 1. The number of hydrogen-bond donors (Lipinski definition) is 2. The van der Waals surface area contributed by atoms with Gasteiger partial charge in [-0.05, 0) is 50.2 Å². The molecule has 0 saturated carbocycles. The molecular formula is C23H24ClF2N5O3S. The summed E-state index contributed by atoms with van der Waals surface area (Å²) in [5, 5.41) is -0.391.